The first kappa shape index (κ1) is 16.2. The molecular weight excluding hydrogens is 234 g/mol. The summed E-state index contributed by atoms with van der Waals surface area (Å²) < 4.78 is 2.30. The van der Waals surface area contributed by atoms with Crippen molar-refractivity contribution in [3.05, 3.63) is 18.2 Å². The van der Waals surface area contributed by atoms with E-state index in [4.69, 9.17) is 0 Å². The van der Waals surface area contributed by atoms with Crippen LogP contribution in [0.1, 0.15) is 59.2 Å². The molecule has 3 heteroatoms. The van der Waals surface area contributed by atoms with Crippen LogP contribution in [-0.4, -0.2) is 22.1 Å². The van der Waals surface area contributed by atoms with Crippen LogP contribution in [0.25, 0.3) is 0 Å². The van der Waals surface area contributed by atoms with E-state index >= 15 is 0 Å². The monoisotopic (exact) mass is 265 g/mol. The Hall–Kier alpha value is -0.830. The predicted octanol–water partition coefficient (Wildman–Crippen LogP) is 3.64. The predicted molar refractivity (Wildman–Crippen MR) is 82.4 cm³/mol. The highest BCUT2D eigenvalue weighted by molar-refractivity contribution is 4.92. The van der Waals surface area contributed by atoms with Crippen LogP contribution >= 0.6 is 0 Å². The smallest absolute Gasteiger partial charge is 0.108 e. The zero-order chi connectivity index (χ0) is 14.1. The Balaban J connectivity index is 2.36. The average Bonchev–Trinajstić information content (AvgIpc) is 2.81. The molecule has 0 aliphatic rings. The van der Waals surface area contributed by atoms with Gasteiger partial charge >= 0.3 is 0 Å². The number of aryl methyl sites for hydroxylation is 2. The zero-order valence-corrected chi connectivity index (χ0v) is 13.2. The molecule has 0 aliphatic carbocycles. The quantitative estimate of drug-likeness (QED) is 0.700. The summed E-state index contributed by atoms with van der Waals surface area (Å²) in [6.45, 7) is 11.3. The van der Waals surface area contributed by atoms with Gasteiger partial charge in [0.2, 0.25) is 0 Å². The van der Waals surface area contributed by atoms with E-state index < -0.39 is 0 Å². The maximum Gasteiger partial charge on any atom is 0.108 e. The third kappa shape index (κ3) is 5.77. The molecular formula is C16H31N3. The van der Waals surface area contributed by atoms with E-state index in [2.05, 4.69) is 48.8 Å². The molecule has 0 saturated carbocycles. The van der Waals surface area contributed by atoms with Gasteiger partial charge in [0.1, 0.15) is 5.82 Å². The molecule has 0 aromatic carbocycles. The number of nitrogens with zero attached hydrogens (tertiary/aromatic N) is 2. The highest BCUT2D eigenvalue weighted by atomic mass is 15.1. The minimum absolute atomic E-state index is 0.648. The van der Waals surface area contributed by atoms with Crippen molar-refractivity contribution in [3.63, 3.8) is 0 Å². The average molecular weight is 265 g/mol. The first-order valence-corrected chi connectivity index (χ1v) is 7.92. The SMILES string of the molecule is CCCNC(CCCc1nccn1CCC)C(C)C. The Morgan fingerprint density at radius 2 is 2.05 bits per heavy atom. The van der Waals surface area contributed by atoms with Gasteiger partial charge in [-0.15, -0.1) is 0 Å². The van der Waals surface area contributed by atoms with Crippen molar-refractivity contribution < 1.29 is 0 Å². The van der Waals surface area contributed by atoms with Gasteiger partial charge in [0.05, 0.1) is 0 Å². The van der Waals surface area contributed by atoms with E-state index in [1.165, 1.54) is 31.5 Å². The highest BCUT2D eigenvalue weighted by Crippen LogP contribution is 2.12. The van der Waals surface area contributed by atoms with Gasteiger partial charge in [-0.2, -0.15) is 0 Å². The molecule has 1 aromatic heterocycles. The Labute approximate surface area is 118 Å². The molecule has 1 atom stereocenters. The summed E-state index contributed by atoms with van der Waals surface area (Å²) in [7, 11) is 0. The van der Waals surface area contributed by atoms with Crippen molar-refractivity contribution in [3.8, 4) is 0 Å². The third-order valence-corrected chi connectivity index (χ3v) is 3.64. The van der Waals surface area contributed by atoms with Crippen LogP contribution in [0.2, 0.25) is 0 Å². The van der Waals surface area contributed by atoms with Gasteiger partial charge in [0.15, 0.2) is 0 Å². The van der Waals surface area contributed by atoms with Crippen LogP contribution in [0, 0.1) is 5.92 Å². The summed E-state index contributed by atoms with van der Waals surface area (Å²) in [5, 5.41) is 3.66. The summed E-state index contributed by atoms with van der Waals surface area (Å²) in [5.41, 5.74) is 0. The fourth-order valence-electron chi connectivity index (χ4n) is 2.49. The molecule has 1 rings (SSSR count). The van der Waals surface area contributed by atoms with Crippen molar-refractivity contribution in [2.75, 3.05) is 6.54 Å². The molecule has 0 spiro atoms. The Kier molecular flexibility index (Phi) is 7.80. The topological polar surface area (TPSA) is 29.9 Å². The van der Waals surface area contributed by atoms with Gasteiger partial charge in [-0.1, -0.05) is 27.7 Å². The largest absolute Gasteiger partial charge is 0.335 e. The minimum atomic E-state index is 0.648. The van der Waals surface area contributed by atoms with E-state index in [0.29, 0.717) is 12.0 Å². The summed E-state index contributed by atoms with van der Waals surface area (Å²) in [6.07, 6.45) is 10.00. The minimum Gasteiger partial charge on any atom is -0.335 e. The normalized spacial score (nSPS) is 13.1. The molecule has 110 valence electrons. The molecule has 0 amide bonds. The summed E-state index contributed by atoms with van der Waals surface area (Å²) in [6, 6.07) is 0.648. The van der Waals surface area contributed by atoms with Crippen LogP contribution in [0.3, 0.4) is 0 Å². The summed E-state index contributed by atoms with van der Waals surface area (Å²) in [4.78, 5) is 4.48. The second-order valence-electron chi connectivity index (χ2n) is 5.73. The molecule has 1 N–H and O–H groups in total. The number of rotatable bonds is 10. The fourth-order valence-corrected chi connectivity index (χ4v) is 2.49. The Bertz CT molecular complexity index is 330. The molecule has 3 nitrogen and oxygen atoms in total. The molecule has 1 heterocycles. The van der Waals surface area contributed by atoms with E-state index in [9.17, 15) is 0 Å². The zero-order valence-electron chi connectivity index (χ0n) is 13.2. The van der Waals surface area contributed by atoms with E-state index in [1.54, 1.807) is 0 Å². The lowest BCUT2D eigenvalue weighted by Crippen LogP contribution is -2.34. The van der Waals surface area contributed by atoms with Crippen molar-refractivity contribution in [1.82, 2.24) is 14.9 Å². The van der Waals surface area contributed by atoms with Crippen LogP contribution < -0.4 is 5.32 Å². The number of hydrogen-bond donors (Lipinski definition) is 1. The molecule has 0 radical (unpaired) electrons. The van der Waals surface area contributed by atoms with Crippen LogP contribution in [0.15, 0.2) is 12.4 Å². The molecule has 0 bridgehead atoms. The summed E-state index contributed by atoms with van der Waals surface area (Å²) >= 11 is 0. The number of hydrogen-bond acceptors (Lipinski definition) is 2. The van der Waals surface area contributed by atoms with E-state index in [-0.39, 0.29) is 0 Å². The van der Waals surface area contributed by atoms with Crippen molar-refractivity contribution in [2.45, 2.75) is 72.4 Å². The molecule has 0 fully saturated rings. The third-order valence-electron chi connectivity index (χ3n) is 3.64. The van der Waals surface area contributed by atoms with Gasteiger partial charge in [0.25, 0.3) is 0 Å². The number of imidazole rings is 1. The molecule has 1 aromatic rings. The van der Waals surface area contributed by atoms with Crippen LogP contribution in [0.4, 0.5) is 0 Å². The Morgan fingerprint density at radius 1 is 1.26 bits per heavy atom. The lowest BCUT2D eigenvalue weighted by atomic mass is 9.98. The second kappa shape index (κ2) is 9.13. The molecule has 19 heavy (non-hydrogen) atoms. The van der Waals surface area contributed by atoms with Gasteiger partial charge in [-0.3, -0.25) is 0 Å². The van der Waals surface area contributed by atoms with Crippen molar-refractivity contribution >= 4 is 0 Å². The lowest BCUT2D eigenvalue weighted by molar-refractivity contribution is 0.368. The molecule has 0 aliphatic heterocycles. The van der Waals surface area contributed by atoms with Crippen molar-refractivity contribution in [1.29, 1.82) is 0 Å². The fraction of sp³-hybridized carbons (Fsp3) is 0.812. The number of nitrogens with one attached hydrogen (secondary N) is 1. The van der Waals surface area contributed by atoms with Gasteiger partial charge in [-0.25, -0.2) is 4.98 Å². The Morgan fingerprint density at radius 3 is 2.68 bits per heavy atom. The van der Waals surface area contributed by atoms with Gasteiger partial charge in [0, 0.05) is 31.4 Å². The number of aromatic nitrogens is 2. The highest BCUT2D eigenvalue weighted by Gasteiger charge is 2.12. The van der Waals surface area contributed by atoms with Crippen LogP contribution in [0.5, 0.6) is 0 Å². The molecule has 1 unspecified atom stereocenters. The van der Waals surface area contributed by atoms with Crippen LogP contribution in [-0.2, 0) is 13.0 Å². The maximum atomic E-state index is 4.48. The maximum absolute atomic E-state index is 4.48. The first-order chi connectivity index (χ1) is 9.19. The standard InChI is InChI=1S/C16H31N3/c1-5-10-17-15(14(3)4)8-7-9-16-18-11-13-19(16)12-6-2/h11,13-15,17H,5-10,12H2,1-4H3. The lowest BCUT2D eigenvalue weighted by Gasteiger charge is -2.22. The van der Waals surface area contributed by atoms with Crippen molar-refractivity contribution in [2.24, 2.45) is 5.92 Å². The van der Waals surface area contributed by atoms with Gasteiger partial charge in [-0.05, 0) is 38.1 Å². The summed E-state index contributed by atoms with van der Waals surface area (Å²) in [5.74, 6) is 1.96. The van der Waals surface area contributed by atoms with E-state index in [0.717, 1.165) is 19.5 Å². The second-order valence-corrected chi connectivity index (χ2v) is 5.73. The first-order valence-electron chi connectivity index (χ1n) is 7.92. The van der Waals surface area contributed by atoms with E-state index in [1.807, 2.05) is 6.20 Å². The molecule has 0 saturated heterocycles. The van der Waals surface area contributed by atoms with Gasteiger partial charge < -0.3 is 9.88 Å².